The quantitative estimate of drug-likeness (QED) is 0.314. The molecule has 1 atom stereocenters. The highest BCUT2D eigenvalue weighted by molar-refractivity contribution is 14.1. The number of hydrogen-bond donors (Lipinski definition) is 0. The molecule has 0 aromatic heterocycles. The second kappa shape index (κ2) is 4.72. The molecule has 0 aliphatic rings. The minimum atomic E-state index is -0.960. The van der Waals surface area contributed by atoms with Crippen molar-refractivity contribution in [3.63, 3.8) is 0 Å². The monoisotopic (exact) mass is 229 g/mol. The van der Waals surface area contributed by atoms with Crippen LogP contribution in [0.2, 0.25) is 0 Å². The van der Waals surface area contributed by atoms with Crippen LogP contribution in [0.5, 0.6) is 0 Å². The van der Waals surface area contributed by atoms with Crippen molar-refractivity contribution in [2.75, 3.05) is 10.3 Å². The van der Waals surface area contributed by atoms with E-state index in [9.17, 15) is 4.57 Å². The van der Waals surface area contributed by atoms with Crippen molar-refractivity contribution in [2.24, 2.45) is 0 Å². The van der Waals surface area contributed by atoms with Gasteiger partial charge in [0.25, 0.3) is 0 Å². The van der Waals surface area contributed by atoms with E-state index in [0.29, 0.717) is 6.16 Å². The van der Waals surface area contributed by atoms with E-state index in [-0.39, 0.29) is 0 Å². The van der Waals surface area contributed by atoms with Gasteiger partial charge in [0.2, 0.25) is 0 Å². The molecule has 40 valence electrons. The van der Waals surface area contributed by atoms with Gasteiger partial charge in [-0.2, -0.15) is 0 Å². The first-order chi connectivity index (χ1) is 3.31. The third-order valence-electron chi connectivity index (χ3n) is 0.466. The average Bonchev–Trinajstić information content (AvgIpc) is 1.68. The molecule has 0 saturated carbocycles. The van der Waals surface area contributed by atoms with Crippen molar-refractivity contribution in [1.29, 1.82) is 0 Å². The van der Waals surface area contributed by atoms with Gasteiger partial charge in [-0.15, -0.1) is 0 Å². The lowest BCUT2D eigenvalue weighted by molar-refractivity contribution is 0.592. The molecule has 0 fully saturated rings. The summed E-state index contributed by atoms with van der Waals surface area (Å²) < 4.78 is 11.2. The zero-order chi connectivity index (χ0) is 5.70. The number of hydrogen-bond acceptors (Lipinski definition) is 1. The van der Waals surface area contributed by atoms with Gasteiger partial charge in [0.15, 0.2) is 10.3 Å². The van der Waals surface area contributed by atoms with E-state index in [0.717, 1.165) is 4.17 Å². The van der Waals surface area contributed by atoms with Crippen molar-refractivity contribution in [1.82, 2.24) is 0 Å². The molecule has 0 aromatic rings. The normalized spacial score (nSPS) is 10.7. The fraction of sp³-hybridized carbons (Fsp3) is 0.500. The van der Waals surface area contributed by atoms with E-state index in [1.165, 1.54) is 0 Å². The second-order valence-corrected chi connectivity index (χ2v) is 4.69. The van der Waals surface area contributed by atoms with Crippen LogP contribution in [-0.4, -0.2) is 10.3 Å². The smallest absolute Gasteiger partial charge is 0.0989 e. The molecule has 1 unspecified atom stereocenters. The first-order valence-corrected chi connectivity index (χ1v) is 5.05. The lowest BCUT2D eigenvalue weighted by Gasteiger charge is -1.68. The molecule has 1 nitrogen and oxygen atoms in total. The van der Waals surface area contributed by atoms with Gasteiger partial charge in [0.1, 0.15) is 0 Å². The van der Waals surface area contributed by atoms with E-state index in [1.54, 1.807) is 6.08 Å². The Kier molecular flexibility index (Phi) is 5.11. The number of alkyl halides is 1. The highest BCUT2D eigenvalue weighted by Crippen LogP contribution is 2.22. The molecule has 0 aliphatic heterocycles. The molecule has 0 radical (unpaired) electrons. The van der Waals surface area contributed by atoms with Gasteiger partial charge < -0.3 is 0 Å². The van der Waals surface area contributed by atoms with Crippen LogP contribution >= 0.6 is 30.4 Å². The second-order valence-electron chi connectivity index (χ2n) is 1.07. The molecule has 0 aliphatic carbocycles. The largest absolute Gasteiger partial charge is 0.353 e. The van der Waals surface area contributed by atoms with Gasteiger partial charge in [-0.05, 0) is 28.7 Å². The van der Waals surface area contributed by atoms with Crippen LogP contribution in [0.4, 0.5) is 0 Å². The van der Waals surface area contributed by atoms with Crippen molar-refractivity contribution < 1.29 is 4.57 Å². The molecule has 7 heavy (non-hydrogen) atoms. The van der Waals surface area contributed by atoms with E-state index < -0.39 is 7.80 Å². The van der Waals surface area contributed by atoms with E-state index >= 15 is 0 Å². The SMILES string of the molecule is C=CC[P+](=O)CI. The molecule has 0 heterocycles. The third kappa shape index (κ3) is 4.42. The molecule has 3 heteroatoms. The van der Waals surface area contributed by atoms with Gasteiger partial charge in [-0.25, -0.2) is 0 Å². The van der Waals surface area contributed by atoms with Crippen molar-refractivity contribution in [2.45, 2.75) is 0 Å². The third-order valence-corrected chi connectivity index (χ3v) is 3.68. The van der Waals surface area contributed by atoms with Crippen LogP contribution < -0.4 is 0 Å². The van der Waals surface area contributed by atoms with Crippen LogP contribution in [0, 0.1) is 0 Å². The van der Waals surface area contributed by atoms with Gasteiger partial charge >= 0.3 is 7.80 Å². The summed E-state index contributed by atoms with van der Waals surface area (Å²) in [5.74, 6) is 0. The van der Waals surface area contributed by atoms with E-state index in [4.69, 9.17) is 0 Å². The summed E-state index contributed by atoms with van der Waals surface area (Å²) in [6.45, 7) is 3.46. The fourth-order valence-corrected chi connectivity index (χ4v) is 1.41. The summed E-state index contributed by atoms with van der Waals surface area (Å²) in [6, 6.07) is 0. The van der Waals surface area contributed by atoms with Crippen molar-refractivity contribution >= 4 is 30.4 Å². The van der Waals surface area contributed by atoms with Gasteiger partial charge in [0, 0.05) is 0 Å². The molecule has 0 spiro atoms. The first-order valence-electron chi connectivity index (χ1n) is 1.90. The molecule has 0 N–H and O–H groups in total. The van der Waals surface area contributed by atoms with Crippen LogP contribution in [0.15, 0.2) is 12.7 Å². The lowest BCUT2D eigenvalue weighted by atomic mass is 10.8. The Labute approximate surface area is 58.1 Å². The topological polar surface area (TPSA) is 17.1 Å². The summed E-state index contributed by atoms with van der Waals surface area (Å²) in [4.78, 5) is 0. The number of rotatable bonds is 3. The van der Waals surface area contributed by atoms with E-state index in [1.807, 2.05) is 0 Å². The maximum Gasteiger partial charge on any atom is 0.353 e. The van der Waals surface area contributed by atoms with Crippen LogP contribution in [0.1, 0.15) is 0 Å². The molecule has 0 saturated heterocycles. The van der Waals surface area contributed by atoms with Gasteiger partial charge in [-0.3, -0.25) is 0 Å². The van der Waals surface area contributed by atoms with Crippen molar-refractivity contribution in [3.05, 3.63) is 12.7 Å². The maximum atomic E-state index is 10.5. The van der Waals surface area contributed by atoms with Gasteiger partial charge in [-0.1, -0.05) is 11.1 Å². The summed E-state index contributed by atoms with van der Waals surface area (Å²) in [6.07, 6.45) is 2.36. The minimum absolute atomic E-state index is 0.665. The Hall–Kier alpha value is 0.570. The summed E-state index contributed by atoms with van der Waals surface area (Å²) >= 11 is 2.11. The molecule has 0 aromatic carbocycles. The number of halogens is 1. The van der Waals surface area contributed by atoms with E-state index in [2.05, 4.69) is 29.2 Å². The highest BCUT2D eigenvalue weighted by Gasteiger charge is 2.06. The lowest BCUT2D eigenvalue weighted by Crippen LogP contribution is -1.66. The average molecular weight is 229 g/mol. The Morgan fingerprint density at radius 2 is 2.43 bits per heavy atom. The molecular formula is C4H7IOP+. The highest BCUT2D eigenvalue weighted by atomic mass is 127. The molecule has 0 bridgehead atoms. The van der Waals surface area contributed by atoms with Gasteiger partial charge in [0.05, 0.1) is 0 Å². The summed E-state index contributed by atoms with van der Waals surface area (Å²) in [5.41, 5.74) is 0. The molecule has 0 amide bonds. The first kappa shape index (κ1) is 7.57. The minimum Gasteiger partial charge on any atom is -0.0989 e. The Bertz CT molecular complexity index is 81.8. The fourth-order valence-electron chi connectivity index (χ4n) is 0.193. The predicted molar refractivity (Wildman–Crippen MR) is 41.6 cm³/mol. The summed E-state index contributed by atoms with van der Waals surface area (Å²) in [5, 5.41) is 0. The van der Waals surface area contributed by atoms with Crippen LogP contribution in [0.25, 0.3) is 0 Å². The molecule has 0 rings (SSSR count). The van der Waals surface area contributed by atoms with Crippen molar-refractivity contribution in [3.8, 4) is 0 Å². The Morgan fingerprint density at radius 3 is 2.57 bits per heavy atom. The standard InChI is InChI=1S/C4H7IOP/c1-2-3-7(6)4-5/h2H,1,3-4H2/q+1. The zero-order valence-corrected chi connectivity index (χ0v) is 6.98. The number of allylic oxidation sites excluding steroid dienone is 1. The molecular weight excluding hydrogens is 222 g/mol. The van der Waals surface area contributed by atoms with Crippen LogP contribution in [-0.2, 0) is 4.57 Å². The summed E-state index contributed by atoms with van der Waals surface area (Å²) in [7, 11) is -0.960. The maximum absolute atomic E-state index is 10.5. The van der Waals surface area contributed by atoms with Crippen LogP contribution in [0.3, 0.4) is 0 Å². The zero-order valence-electron chi connectivity index (χ0n) is 3.93. The predicted octanol–water partition coefficient (Wildman–Crippen LogP) is 2.39. The Morgan fingerprint density at radius 1 is 1.86 bits per heavy atom. The Balaban J connectivity index is 3.17.